The van der Waals surface area contributed by atoms with Gasteiger partial charge in [0.05, 0.1) is 17.8 Å². The van der Waals surface area contributed by atoms with Gasteiger partial charge < -0.3 is 5.32 Å². The van der Waals surface area contributed by atoms with Crippen LogP contribution in [-0.2, 0) is 6.42 Å². The lowest BCUT2D eigenvalue weighted by atomic mass is 10.0. The predicted octanol–water partition coefficient (Wildman–Crippen LogP) is 3.81. The molecule has 0 amide bonds. The van der Waals surface area contributed by atoms with E-state index in [2.05, 4.69) is 37.4 Å². The summed E-state index contributed by atoms with van der Waals surface area (Å²) >= 11 is 0. The third kappa shape index (κ3) is 3.20. The molecule has 2 aromatic heterocycles. The molecule has 128 valence electrons. The fourth-order valence-corrected chi connectivity index (χ4v) is 2.91. The Morgan fingerprint density at radius 1 is 1.24 bits per heavy atom. The number of allylic oxidation sites excluding steroid dienone is 1. The predicted molar refractivity (Wildman–Crippen MR) is 98.1 cm³/mol. The molecule has 0 fully saturated rings. The second-order valence-electron chi connectivity index (χ2n) is 6.74. The Labute approximate surface area is 146 Å². The number of fused-ring (bicyclic) bond motifs is 2. The van der Waals surface area contributed by atoms with E-state index < -0.39 is 5.67 Å². The van der Waals surface area contributed by atoms with Gasteiger partial charge in [0.1, 0.15) is 12.0 Å². The van der Waals surface area contributed by atoms with Gasteiger partial charge in [-0.05, 0) is 37.1 Å². The molecule has 0 spiro atoms. The molecule has 0 saturated carbocycles. The van der Waals surface area contributed by atoms with Crippen LogP contribution in [-0.4, -0.2) is 32.1 Å². The maximum Gasteiger partial charge on any atom is 0.223 e. The number of anilines is 1. The molecule has 4 rings (SSSR count). The molecule has 0 bridgehead atoms. The summed E-state index contributed by atoms with van der Waals surface area (Å²) < 4.78 is 13.6. The van der Waals surface area contributed by atoms with Crippen LogP contribution in [0.5, 0.6) is 0 Å². The van der Waals surface area contributed by atoms with E-state index in [0.717, 1.165) is 39.7 Å². The smallest absolute Gasteiger partial charge is 0.223 e. The first-order chi connectivity index (χ1) is 12.0. The Balaban J connectivity index is 0.00000196. The van der Waals surface area contributed by atoms with Crippen LogP contribution in [0.25, 0.3) is 16.5 Å². The second-order valence-corrected chi connectivity index (χ2v) is 6.74. The van der Waals surface area contributed by atoms with Crippen molar-refractivity contribution >= 4 is 22.4 Å². The molecule has 1 aliphatic carbocycles. The number of hydrogen-bond acceptors (Lipinski definition) is 5. The van der Waals surface area contributed by atoms with Gasteiger partial charge in [-0.15, -0.1) is 0 Å². The number of nitrogens with one attached hydrogen (secondary N) is 1. The monoisotopic (exact) mass is 337 g/mol. The summed E-state index contributed by atoms with van der Waals surface area (Å²) in [6.45, 7) is 3.23. The van der Waals surface area contributed by atoms with Crippen LogP contribution in [0.15, 0.2) is 43.0 Å². The average Bonchev–Trinajstić information content (AvgIpc) is 3.02. The minimum absolute atomic E-state index is 0. The van der Waals surface area contributed by atoms with E-state index in [9.17, 15) is 4.39 Å². The van der Waals surface area contributed by atoms with Gasteiger partial charge in [0.25, 0.3) is 0 Å². The first kappa shape index (κ1) is 15.6. The molecule has 0 aliphatic heterocycles. The summed E-state index contributed by atoms with van der Waals surface area (Å²) in [6.07, 6.45) is 8.05. The molecule has 6 heteroatoms. The topological polar surface area (TPSA) is 63.6 Å². The van der Waals surface area contributed by atoms with Crippen molar-refractivity contribution in [3.05, 3.63) is 59.8 Å². The number of alkyl halides is 1. The molecular formula is C19H20FN5. The Morgan fingerprint density at radius 2 is 2.12 bits per heavy atom. The van der Waals surface area contributed by atoms with Crippen molar-refractivity contribution in [1.29, 1.82) is 0 Å². The fourth-order valence-electron chi connectivity index (χ4n) is 2.91. The van der Waals surface area contributed by atoms with Crippen molar-refractivity contribution in [2.24, 2.45) is 0 Å². The largest absolute Gasteiger partial charge is 0.351 e. The first-order valence-electron chi connectivity index (χ1n) is 8.19. The van der Waals surface area contributed by atoms with Crippen molar-refractivity contribution < 1.29 is 5.82 Å². The maximum atomic E-state index is 13.6. The maximum absolute atomic E-state index is 13.6. The normalized spacial score (nSPS) is 13.6. The van der Waals surface area contributed by atoms with E-state index in [0.29, 0.717) is 5.95 Å². The van der Waals surface area contributed by atoms with Crippen molar-refractivity contribution in [3.8, 4) is 0 Å². The molecule has 0 radical (unpaired) electrons. The highest BCUT2D eigenvalue weighted by molar-refractivity contribution is 5.89. The molecule has 0 saturated heterocycles. The quantitative estimate of drug-likeness (QED) is 0.784. The van der Waals surface area contributed by atoms with Crippen LogP contribution < -0.4 is 5.32 Å². The summed E-state index contributed by atoms with van der Waals surface area (Å²) in [7, 11) is 0. The van der Waals surface area contributed by atoms with Crippen LogP contribution >= 0.6 is 0 Å². The first-order valence-corrected chi connectivity index (χ1v) is 8.19. The number of halogens is 1. The van der Waals surface area contributed by atoms with E-state index in [1.54, 1.807) is 12.5 Å². The van der Waals surface area contributed by atoms with Gasteiger partial charge in [-0.25, -0.2) is 24.3 Å². The van der Waals surface area contributed by atoms with Gasteiger partial charge in [-0.2, -0.15) is 0 Å². The summed E-state index contributed by atoms with van der Waals surface area (Å²) in [4.78, 5) is 17.2. The van der Waals surface area contributed by atoms with E-state index >= 15 is 0 Å². The molecule has 0 atom stereocenters. The minimum atomic E-state index is -1.31. The summed E-state index contributed by atoms with van der Waals surface area (Å²) in [6, 6.07) is 6.12. The molecular weight excluding hydrogens is 317 g/mol. The number of aromatic nitrogens is 4. The molecule has 0 unspecified atom stereocenters. The zero-order valence-corrected chi connectivity index (χ0v) is 14.1. The van der Waals surface area contributed by atoms with Crippen molar-refractivity contribution in [3.63, 3.8) is 0 Å². The van der Waals surface area contributed by atoms with Gasteiger partial charge >= 0.3 is 0 Å². The van der Waals surface area contributed by atoms with Crippen LogP contribution in [0.4, 0.5) is 10.3 Å². The lowest BCUT2D eigenvalue weighted by Crippen LogP contribution is -2.25. The molecule has 5 nitrogen and oxygen atoms in total. The highest BCUT2D eigenvalue weighted by Crippen LogP contribution is 2.32. The third-order valence-electron chi connectivity index (χ3n) is 4.14. The van der Waals surface area contributed by atoms with Crippen LogP contribution in [0, 0.1) is 0 Å². The van der Waals surface area contributed by atoms with Crippen molar-refractivity contribution in [2.75, 3.05) is 11.9 Å². The zero-order valence-electron chi connectivity index (χ0n) is 14.1. The standard InChI is InChI=1S/C19H18FN5.H2/c1-19(2,20)10-23-18-22-9-15-14(4-6-17(15)25-18)12-3-5-16-13(7-12)8-21-11-24-16;/h3-5,7-9,11H,6,10H2,1-2H3,(H,22,23,25);1H. The molecule has 1 N–H and O–H groups in total. The summed E-state index contributed by atoms with van der Waals surface area (Å²) in [5.41, 5.74) is 3.78. The summed E-state index contributed by atoms with van der Waals surface area (Å²) in [5.74, 6) is 0.464. The second kappa shape index (κ2) is 5.88. The minimum Gasteiger partial charge on any atom is -0.351 e. The molecule has 2 heterocycles. The van der Waals surface area contributed by atoms with E-state index in [1.165, 1.54) is 13.8 Å². The van der Waals surface area contributed by atoms with Gasteiger partial charge in [-0.3, -0.25) is 0 Å². The van der Waals surface area contributed by atoms with Gasteiger partial charge in [0, 0.05) is 31.2 Å². The number of rotatable bonds is 4. The van der Waals surface area contributed by atoms with Gasteiger partial charge in [0.2, 0.25) is 5.95 Å². The summed E-state index contributed by atoms with van der Waals surface area (Å²) in [5, 5.41) is 3.96. The average molecular weight is 337 g/mol. The van der Waals surface area contributed by atoms with E-state index in [4.69, 9.17) is 0 Å². The Hall–Kier alpha value is -2.89. The molecule has 1 aromatic carbocycles. The number of benzene rings is 1. The zero-order chi connectivity index (χ0) is 17.4. The highest BCUT2D eigenvalue weighted by atomic mass is 19.1. The van der Waals surface area contributed by atoms with Crippen molar-refractivity contribution in [1.82, 2.24) is 19.9 Å². The Bertz CT molecular complexity index is 981. The fraction of sp³-hybridized carbons (Fsp3) is 0.263. The van der Waals surface area contributed by atoms with Gasteiger partial charge in [0.15, 0.2) is 0 Å². The highest BCUT2D eigenvalue weighted by Gasteiger charge is 2.20. The van der Waals surface area contributed by atoms with Crippen LogP contribution in [0.1, 0.15) is 32.1 Å². The lowest BCUT2D eigenvalue weighted by Gasteiger charge is -2.15. The SMILES string of the molecule is CC(C)(F)CNc1ncc2c(n1)CC=C2c1ccc2ncncc2c1.[HH]. The van der Waals surface area contributed by atoms with Crippen molar-refractivity contribution in [2.45, 2.75) is 25.9 Å². The third-order valence-corrected chi connectivity index (χ3v) is 4.14. The molecule has 3 aromatic rings. The number of hydrogen-bond donors (Lipinski definition) is 1. The van der Waals surface area contributed by atoms with Gasteiger partial charge in [-0.1, -0.05) is 12.1 Å². The van der Waals surface area contributed by atoms with Crippen LogP contribution in [0.3, 0.4) is 0 Å². The van der Waals surface area contributed by atoms with E-state index in [1.807, 2.05) is 18.3 Å². The van der Waals surface area contributed by atoms with Crippen LogP contribution in [0.2, 0.25) is 0 Å². The number of nitrogens with zero attached hydrogens (tertiary/aromatic N) is 4. The molecule has 1 aliphatic rings. The Kier molecular flexibility index (Phi) is 3.67. The molecule has 25 heavy (non-hydrogen) atoms. The van der Waals surface area contributed by atoms with E-state index in [-0.39, 0.29) is 7.97 Å². The lowest BCUT2D eigenvalue weighted by molar-refractivity contribution is 0.234. The Morgan fingerprint density at radius 3 is 2.96 bits per heavy atom.